The maximum Gasteiger partial charge on any atom is 0.253 e. The summed E-state index contributed by atoms with van der Waals surface area (Å²) in [5.74, 6) is 0.517. The number of aliphatic hydroxyl groups excluding tert-OH is 1. The van der Waals surface area contributed by atoms with Gasteiger partial charge in [-0.15, -0.1) is 0 Å². The molecule has 2 atom stereocenters. The van der Waals surface area contributed by atoms with E-state index in [9.17, 15) is 14.7 Å². The van der Waals surface area contributed by atoms with E-state index in [-0.39, 0.29) is 18.4 Å². The molecule has 1 saturated heterocycles. The molecule has 6 heteroatoms. The number of anilines is 1. The number of fused-ring (bicyclic) bond motifs is 1. The standard InChI is InChI=1S/C27H26N2O4/c30-24-17-29(27(32)21-8-6-19(7-9-21)18-4-2-1-3-5-18)15-14-25(24)33-22-12-10-20-11-13-26(31)28-23(20)16-22/h1-10,12,16,24-25,30H,11,13-15,17H2,(H,28,31)/t24-,25-/m1/s1. The van der Waals surface area contributed by atoms with E-state index >= 15 is 0 Å². The molecule has 33 heavy (non-hydrogen) atoms. The second kappa shape index (κ2) is 9.08. The lowest BCUT2D eigenvalue weighted by Gasteiger charge is -2.36. The van der Waals surface area contributed by atoms with Crippen LogP contribution < -0.4 is 10.1 Å². The van der Waals surface area contributed by atoms with Crippen molar-refractivity contribution in [1.82, 2.24) is 4.90 Å². The summed E-state index contributed by atoms with van der Waals surface area (Å²) in [6, 6.07) is 23.2. The molecule has 2 N–H and O–H groups in total. The van der Waals surface area contributed by atoms with Crippen LogP contribution in [-0.4, -0.2) is 47.1 Å². The number of β-amino-alcohol motifs (C(OH)–C–C–N with tert-alkyl or cyclic N) is 1. The van der Waals surface area contributed by atoms with Gasteiger partial charge in [0.05, 0.1) is 6.54 Å². The van der Waals surface area contributed by atoms with Crippen LogP contribution in [0.3, 0.4) is 0 Å². The predicted octanol–water partition coefficient (Wildman–Crippen LogP) is 3.89. The monoisotopic (exact) mass is 442 g/mol. The van der Waals surface area contributed by atoms with Gasteiger partial charge in [-0.3, -0.25) is 9.59 Å². The molecule has 0 saturated carbocycles. The zero-order valence-corrected chi connectivity index (χ0v) is 18.2. The summed E-state index contributed by atoms with van der Waals surface area (Å²) in [5.41, 5.74) is 4.62. The number of carbonyl (C=O) groups is 2. The highest BCUT2D eigenvalue weighted by Gasteiger charge is 2.32. The molecule has 0 bridgehead atoms. The molecule has 5 rings (SSSR count). The van der Waals surface area contributed by atoms with Crippen LogP contribution in [0.15, 0.2) is 72.8 Å². The van der Waals surface area contributed by atoms with E-state index in [1.54, 1.807) is 4.90 Å². The van der Waals surface area contributed by atoms with Gasteiger partial charge in [0.1, 0.15) is 18.0 Å². The van der Waals surface area contributed by atoms with Crippen molar-refractivity contribution in [3.05, 3.63) is 83.9 Å². The van der Waals surface area contributed by atoms with Crippen LogP contribution in [0.5, 0.6) is 5.75 Å². The van der Waals surface area contributed by atoms with Gasteiger partial charge in [-0.2, -0.15) is 0 Å². The van der Waals surface area contributed by atoms with Crippen molar-refractivity contribution in [2.24, 2.45) is 0 Å². The second-order valence-electron chi connectivity index (χ2n) is 8.57. The topological polar surface area (TPSA) is 78.9 Å². The molecule has 168 valence electrons. The van der Waals surface area contributed by atoms with E-state index in [0.29, 0.717) is 30.7 Å². The van der Waals surface area contributed by atoms with E-state index in [4.69, 9.17) is 4.74 Å². The molecule has 2 heterocycles. The summed E-state index contributed by atoms with van der Waals surface area (Å²) in [5, 5.41) is 13.5. The molecule has 6 nitrogen and oxygen atoms in total. The van der Waals surface area contributed by atoms with Crippen LogP contribution >= 0.6 is 0 Å². The van der Waals surface area contributed by atoms with Crippen molar-refractivity contribution in [1.29, 1.82) is 0 Å². The summed E-state index contributed by atoms with van der Waals surface area (Å²) >= 11 is 0. The molecule has 0 spiro atoms. The lowest BCUT2D eigenvalue weighted by Crippen LogP contribution is -2.51. The largest absolute Gasteiger partial charge is 0.488 e. The normalized spacial score (nSPS) is 20.0. The lowest BCUT2D eigenvalue weighted by molar-refractivity contribution is -0.116. The van der Waals surface area contributed by atoms with Gasteiger partial charge in [0.2, 0.25) is 5.91 Å². The first-order valence-electron chi connectivity index (χ1n) is 11.3. The molecule has 0 aliphatic carbocycles. The first-order valence-corrected chi connectivity index (χ1v) is 11.3. The Morgan fingerprint density at radius 3 is 2.48 bits per heavy atom. The minimum absolute atomic E-state index is 0.00306. The zero-order valence-electron chi connectivity index (χ0n) is 18.2. The van der Waals surface area contributed by atoms with E-state index in [1.165, 1.54) is 0 Å². The molecular formula is C27H26N2O4. The quantitative estimate of drug-likeness (QED) is 0.643. The minimum Gasteiger partial charge on any atom is -0.488 e. The Kier molecular flexibility index (Phi) is 5.84. The fourth-order valence-electron chi connectivity index (χ4n) is 4.45. The number of carbonyl (C=O) groups excluding carboxylic acids is 2. The van der Waals surface area contributed by atoms with Crippen LogP contribution in [0.4, 0.5) is 5.69 Å². The van der Waals surface area contributed by atoms with Crippen LogP contribution in [-0.2, 0) is 11.2 Å². The number of benzene rings is 3. The number of rotatable bonds is 4. The summed E-state index contributed by atoms with van der Waals surface area (Å²) in [7, 11) is 0. The lowest BCUT2D eigenvalue weighted by atomic mass is 10.0. The Morgan fingerprint density at radius 1 is 0.970 bits per heavy atom. The van der Waals surface area contributed by atoms with E-state index in [0.717, 1.165) is 28.8 Å². The van der Waals surface area contributed by atoms with Crippen molar-refractivity contribution in [2.45, 2.75) is 31.5 Å². The zero-order chi connectivity index (χ0) is 22.8. The van der Waals surface area contributed by atoms with E-state index < -0.39 is 12.2 Å². The first kappa shape index (κ1) is 21.2. The fraction of sp³-hybridized carbons (Fsp3) is 0.259. The molecule has 2 aliphatic heterocycles. The Bertz CT molecular complexity index is 1160. The van der Waals surface area contributed by atoms with E-state index in [2.05, 4.69) is 5.32 Å². The number of nitrogens with zero attached hydrogens (tertiary/aromatic N) is 1. The number of piperidine rings is 1. The summed E-state index contributed by atoms with van der Waals surface area (Å²) in [4.78, 5) is 26.3. The van der Waals surface area contributed by atoms with Gasteiger partial charge in [0, 0.05) is 36.7 Å². The summed E-state index contributed by atoms with van der Waals surface area (Å²) in [6.45, 7) is 0.717. The second-order valence-corrected chi connectivity index (χ2v) is 8.57. The van der Waals surface area contributed by atoms with Gasteiger partial charge in [0.25, 0.3) is 5.91 Å². The van der Waals surface area contributed by atoms with Gasteiger partial charge >= 0.3 is 0 Å². The van der Waals surface area contributed by atoms with Gasteiger partial charge in [-0.1, -0.05) is 48.5 Å². The van der Waals surface area contributed by atoms with Crippen molar-refractivity contribution < 1.29 is 19.4 Å². The van der Waals surface area contributed by atoms with Crippen LogP contribution in [0, 0.1) is 0 Å². The third kappa shape index (κ3) is 4.61. The van der Waals surface area contributed by atoms with Crippen molar-refractivity contribution in [3.63, 3.8) is 0 Å². The highest BCUT2D eigenvalue weighted by atomic mass is 16.5. The SMILES string of the molecule is O=C1CCc2ccc(O[C@@H]3CCN(C(=O)c4ccc(-c5ccccc5)cc4)C[C@H]3O)cc2N1. The third-order valence-corrected chi connectivity index (χ3v) is 6.31. The third-order valence-electron chi connectivity index (χ3n) is 6.31. The fourth-order valence-corrected chi connectivity index (χ4v) is 4.45. The number of nitrogens with one attached hydrogen (secondary N) is 1. The molecular weight excluding hydrogens is 416 g/mol. The highest BCUT2D eigenvalue weighted by Crippen LogP contribution is 2.29. The Labute approximate surface area is 192 Å². The average Bonchev–Trinajstić information content (AvgIpc) is 2.85. The maximum absolute atomic E-state index is 13.0. The van der Waals surface area contributed by atoms with Crippen molar-refractivity contribution in [3.8, 4) is 16.9 Å². The molecule has 0 aromatic heterocycles. The average molecular weight is 443 g/mol. The number of aliphatic hydroxyl groups is 1. The van der Waals surface area contributed by atoms with Gasteiger partial charge in [-0.25, -0.2) is 0 Å². The number of hydrogen-bond donors (Lipinski definition) is 2. The minimum atomic E-state index is -0.795. The number of hydrogen-bond acceptors (Lipinski definition) is 4. The first-order chi connectivity index (χ1) is 16.1. The summed E-state index contributed by atoms with van der Waals surface area (Å²) < 4.78 is 6.03. The maximum atomic E-state index is 13.0. The van der Waals surface area contributed by atoms with Crippen LogP contribution in [0.1, 0.15) is 28.8 Å². The highest BCUT2D eigenvalue weighted by molar-refractivity contribution is 5.95. The van der Waals surface area contributed by atoms with Gasteiger partial charge < -0.3 is 20.1 Å². The Balaban J connectivity index is 1.21. The summed E-state index contributed by atoms with van der Waals surface area (Å²) in [6.07, 6.45) is 0.534. The molecule has 3 aromatic carbocycles. The molecule has 2 aliphatic rings. The van der Waals surface area contributed by atoms with Crippen LogP contribution in [0.25, 0.3) is 11.1 Å². The molecule has 1 fully saturated rings. The van der Waals surface area contributed by atoms with Gasteiger partial charge in [0.15, 0.2) is 0 Å². The van der Waals surface area contributed by atoms with Crippen molar-refractivity contribution in [2.75, 3.05) is 18.4 Å². The van der Waals surface area contributed by atoms with Crippen molar-refractivity contribution >= 4 is 17.5 Å². The molecule has 0 radical (unpaired) electrons. The smallest absolute Gasteiger partial charge is 0.253 e. The number of ether oxygens (including phenoxy) is 1. The number of aryl methyl sites for hydroxylation is 1. The number of likely N-dealkylation sites (tertiary alicyclic amines) is 1. The van der Waals surface area contributed by atoms with E-state index in [1.807, 2.05) is 72.8 Å². The molecule has 0 unspecified atom stereocenters. The number of amides is 2. The Hall–Kier alpha value is -3.64. The van der Waals surface area contributed by atoms with Crippen LogP contribution in [0.2, 0.25) is 0 Å². The predicted molar refractivity (Wildman–Crippen MR) is 126 cm³/mol. The molecule has 3 aromatic rings. The molecule has 2 amide bonds. The Morgan fingerprint density at radius 2 is 1.73 bits per heavy atom. The van der Waals surface area contributed by atoms with Gasteiger partial charge in [-0.05, 0) is 41.3 Å².